The van der Waals surface area contributed by atoms with E-state index in [-0.39, 0.29) is 5.96 Å². The molecule has 0 spiro atoms. The molecule has 2 N–H and O–H groups in total. The highest BCUT2D eigenvalue weighted by Gasteiger charge is 2.56. The topological polar surface area (TPSA) is 67.9 Å². The van der Waals surface area contributed by atoms with Gasteiger partial charge in [0.2, 0.25) is 0 Å². The van der Waals surface area contributed by atoms with Crippen molar-refractivity contribution >= 4 is 26.8 Å². The van der Waals surface area contributed by atoms with E-state index in [9.17, 15) is 4.57 Å². The molecule has 1 aromatic rings. The van der Waals surface area contributed by atoms with Crippen molar-refractivity contribution in [3.8, 4) is 0 Å². The summed E-state index contributed by atoms with van der Waals surface area (Å²) in [6, 6.07) is 7.11. The van der Waals surface area contributed by atoms with Gasteiger partial charge in [0.25, 0.3) is 0 Å². The molecule has 2 radical (unpaired) electrons. The Hall–Kier alpha value is -1.26. The first kappa shape index (κ1) is 14.2. The number of rotatable bonds is 3. The molecule has 7 heteroatoms. The first-order valence-electron chi connectivity index (χ1n) is 6.04. The molecule has 0 aliphatic carbocycles. The summed E-state index contributed by atoms with van der Waals surface area (Å²) in [7, 11) is 3.89. The highest BCUT2D eigenvalue weighted by Crippen LogP contribution is 2.69. The number of nitrogens with zero attached hydrogens (tertiary/aromatic N) is 2. The number of benzene rings is 1. The summed E-state index contributed by atoms with van der Waals surface area (Å²) in [6.45, 7) is 4.11. The minimum absolute atomic E-state index is 0.243. The molecule has 0 fully saturated rings. The Labute approximate surface area is 114 Å². The van der Waals surface area contributed by atoms with Crippen LogP contribution in [-0.4, -0.2) is 32.1 Å². The summed E-state index contributed by atoms with van der Waals surface area (Å²) < 4.78 is 20.0. The minimum Gasteiger partial charge on any atom is -0.369 e. The molecule has 1 heterocycles. The molecular weight excluding hydrogens is 260 g/mol. The third-order valence-corrected chi connectivity index (χ3v) is 6.55. The average Bonchev–Trinajstić information content (AvgIpc) is 2.58. The molecule has 5 nitrogen and oxygen atoms in total. The predicted octanol–water partition coefficient (Wildman–Crippen LogP) is 1.14. The van der Waals surface area contributed by atoms with Crippen LogP contribution in [-0.2, 0) is 14.4 Å². The van der Waals surface area contributed by atoms with Gasteiger partial charge >= 0.3 is 7.52 Å². The monoisotopic (exact) mass is 277 g/mol. The maximum absolute atomic E-state index is 13.2. The second kappa shape index (κ2) is 4.69. The molecule has 1 aromatic carbocycles. The fourth-order valence-electron chi connectivity index (χ4n) is 2.36. The molecule has 19 heavy (non-hydrogen) atoms. The number of nitrogens with two attached hydrogens (primary N) is 1. The van der Waals surface area contributed by atoms with Crippen LogP contribution in [0.2, 0.25) is 0 Å². The van der Waals surface area contributed by atoms with Crippen molar-refractivity contribution in [2.24, 2.45) is 10.7 Å². The van der Waals surface area contributed by atoms with Crippen LogP contribution in [0.25, 0.3) is 0 Å². The van der Waals surface area contributed by atoms with Crippen molar-refractivity contribution in [2.45, 2.75) is 19.1 Å². The number of guanidine groups is 1. The van der Waals surface area contributed by atoms with E-state index < -0.39 is 12.8 Å². The maximum atomic E-state index is 13.2. The third kappa shape index (κ3) is 1.90. The summed E-state index contributed by atoms with van der Waals surface area (Å²) in [5.41, 5.74) is 7.29. The van der Waals surface area contributed by atoms with Crippen LogP contribution in [0.4, 0.5) is 0 Å². The van der Waals surface area contributed by atoms with Crippen LogP contribution in [0, 0.1) is 0 Å². The lowest BCUT2D eigenvalue weighted by atomic mass is 9.94. The average molecular weight is 277 g/mol. The van der Waals surface area contributed by atoms with Crippen LogP contribution in [0.3, 0.4) is 0 Å². The molecule has 0 bridgehead atoms. The Morgan fingerprint density at radius 3 is 2.53 bits per heavy atom. The van der Waals surface area contributed by atoms with Gasteiger partial charge in [0, 0.05) is 13.7 Å². The number of aliphatic imine (C=N–C) groups is 1. The van der Waals surface area contributed by atoms with Gasteiger partial charge in [-0.2, -0.15) is 0 Å². The van der Waals surface area contributed by atoms with E-state index in [4.69, 9.17) is 18.1 Å². The normalized spacial score (nSPS) is 30.5. The molecule has 0 amide bonds. The number of hydrogen-bond acceptors (Lipinski definition) is 4. The van der Waals surface area contributed by atoms with Crippen LogP contribution in [0.15, 0.2) is 29.3 Å². The zero-order valence-electron chi connectivity index (χ0n) is 11.3. The van der Waals surface area contributed by atoms with Gasteiger partial charge in [0.1, 0.15) is 7.85 Å². The second-order valence-corrected chi connectivity index (χ2v) is 7.29. The van der Waals surface area contributed by atoms with E-state index in [0.717, 1.165) is 5.56 Å². The van der Waals surface area contributed by atoms with Gasteiger partial charge in [0.15, 0.2) is 11.2 Å². The Kier molecular flexibility index (Phi) is 3.50. The highest BCUT2D eigenvalue weighted by atomic mass is 31.2. The van der Waals surface area contributed by atoms with Crippen molar-refractivity contribution in [1.82, 2.24) is 4.67 Å². The van der Waals surface area contributed by atoms with Gasteiger partial charge in [0.05, 0.1) is 0 Å². The lowest BCUT2D eigenvalue weighted by molar-refractivity contribution is 0.334. The van der Waals surface area contributed by atoms with Gasteiger partial charge in [-0.3, -0.25) is 9.24 Å². The van der Waals surface area contributed by atoms with Gasteiger partial charge in [-0.25, -0.2) is 4.99 Å². The van der Waals surface area contributed by atoms with Gasteiger partial charge in [-0.15, -0.1) is 0 Å². The lowest BCUT2D eigenvalue weighted by Gasteiger charge is -2.32. The SMILES string of the molecule is [B]c1ccc(C2(C)N=C(N)N(CC)P2(=O)OC)cc1. The van der Waals surface area contributed by atoms with E-state index in [0.29, 0.717) is 12.0 Å². The molecule has 2 rings (SSSR count). The van der Waals surface area contributed by atoms with Gasteiger partial charge < -0.3 is 10.3 Å². The molecule has 0 aromatic heterocycles. The van der Waals surface area contributed by atoms with E-state index >= 15 is 0 Å². The summed E-state index contributed by atoms with van der Waals surface area (Å²) >= 11 is 0. The first-order chi connectivity index (χ1) is 8.89. The predicted molar refractivity (Wildman–Crippen MR) is 77.8 cm³/mol. The Bertz CT molecular complexity index is 561. The summed E-state index contributed by atoms with van der Waals surface area (Å²) in [5.74, 6) is 0.243. The molecule has 1 aliphatic heterocycles. The second-order valence-electron chi connectivity index (χ2n) is 4.53. The van der Waals surface area contributed by atoms with Crippen molar-refractivity contribution in [2.75, 3.05) is 13.7 Å². The third-order valence-electron chi connectivity index (χ3n) is 3.47. The zero-order chi connectivity index (χ0) is 14.3. The van der Waals surface area contributed by atoms with Crippen molar-refractivity contribution in [1.29, 1.82) is 0 Å². The molecular formula is C12H17BN3O2P. The fourth-order valence-corrected chi connectivity index (χ4v) is 4.78. The smallest absolute Gasteiger partial charge is 0.329 e. The minimum atomic E-state index is -3.21. The summed E-state index contributed by atoms with van der Waals surface area (Å²) in [4.78, 5) is 4.39. The molecule has 0 saturated carbocycles. The molecule has 2 atom stereocenters. The van der Waals surface area contributed by atoms with Crippen molar-refractivity contribution < 1.29 is 9.09 Å². The number of hydrogen-bond donors (Lipinski definition) is 1. The quantitative estimate of drug-likeness (QED) is 0.664. The first-order valence-corrected chi connectivity index (χ1v) is 7.62. The summed E-state index contributed by atoms with van der Waals surface area (Å²) in [6.07, 6.45) is 0. The van der Waals surface area contributed by atoms with E-state index in [1.807, 2.05) is 6.92 Å². The molecule has 2 unspecified atom stereocenters. The molecule has 0 saturated heterocycles. The van der Waals surface area contributed by atoms with E-state index in [2.05, 4.69) is 4.99 Å². The largest absolute Gasteiger partial charge is 0.369 e. The maximum Gasteiger partial charge on any atom is 0.329 e. The Morgan fingerprint density at radius 2 is 2.05 bits per heavy atom. The van der Waals surface area contributed by atoms with Crippen LogP contribution >= 0.6 is 7.52 Å². The lowest BCUT2D eigenvalue weighted by Crippen LogP contribution is -2.32. The van der Waals surface area contributed by atoms with E-state index in [1.165, 1.54) is 11.8 Å². The zero-order valence-corrected chi connectivity index (χ0v) is 12.2. The van der Waals surface area contributed by atoms with Crippen LogP contribution in [0.1, 0.15) is 19.4 Å². The summed E-state index contributed by atoms with van der Waals surface area (Å²) in [5, 5.41) is -1.00. The molecule has 1 aliphatic rings. The Balaban J connectivity index is 2.59. The highest BCUT2D eigenvalue weighted by molar-refractivity contribution is 7.59. The van der Waals surface area contributed by atoms with Gasteiger partial charge in [-0.05, 0) is 19.4 Å². The standard InChI is InChI=1S/C12H17BN3O2P/c1-4-16-11(14)15-12(2,19(16,17)18-3)9-5-7-10(13)8-6-9/h5-8H,4H2,1-3H3,(H2,14,15). The molecule has 100 valence electrons. The van der Waals surface area contributed by atoms with Crippen LogP contribution < -0.4 is 11.2 Å². The van der Waals surface area contributed by atoms with Crippen molar-refractivity contribution in [3.05, 3.63) is 29.8 Å². The van der Waals surface area contributed by atoms with Crippen LogP contribution in [0.5, 0.6) is 0 Å². The van der Waals surface area contributed by atoms with Crippen molar-refractivity contribution in [3.63, 3.8) is 0 Å². The van der Waals surface area contributed by atoms with E-state index in [1.54, 1.807) is 31.2 Å². The fraction of sp³-hybridized carbons (Fsp3) is 0.417. The Morgan fingerprint density at radius 1 is 1.47 bits per heavy atom. The van der Waals surface area contributed by atoms with Gasteiger partial charge in [-0.1, -0.05) is 29.7 Å².